The van der Waals surface area contributed by atoms with Crippen LogP contribution in [0.25, 0.3) is 0 Å². The van der Waals surface area contributed by atoms with Crippen molar-refractivity contribution in [1.82, 2.24) is 0 Å². The molecule has 1 unspecified atom stereocenters. The second-order valence-electron chi connectivity index (χ2n) is 12.8. The Labute approximate surface area is 203 Å². The number of carbonyl (C=O) groups excluding carboxylic acids is 1. The van der Waals surface area contributed by atoms with E-state index in [1.165, 1.54) is 0 Å². The largest absolute Gasteiger partial charge is 0.417 e. The predicted octanol–water partition coefficient (Wildman–Crippen LogP) is 7.41. The van der Waals surface area contributed by atoms with Crippen LogP contribution in [0.1, 0.15) is 67.2 Å². The molecule has 0 aromatic carbocycles. The minimum atomic E-state index is -2.07. The lowest BCUT2D eigenvalue weighted by atomic mass is 10.1. The lowest BCUT2D eigenvalue weighted by Gasteiger charge is -2.38. The van der Waals surface area contributed by atoms with Gasteiger partial charge in [-0.05, 0) is 55.0 Å². The van der Waals surface area contributed by atoms with Gasteiger partial charge in [0, 0.05) is 19.4 Å². The summed E-state index contributed by atoms with van der Waals surface area (Å²) in [5.74, 6) is 9.12. The van der Waals surface area contributed by atoms with Crippen LogP contribution < -0.4 is 0 Å². The van der Waals surface area contributed by atoms with E-state index < -0.39 is 30.8 Å². The Balaban J connectivity index is 5.05. The Bertz CT molecular complexity index is 727. The number of rotatable bonds is 9. The minimum absolute atomic E-state index is 0.0457. The molecule has 0 fully saturated rings. The van der Waals surface area contributed by atoms with Gasteiger partial charge in [-0.3, -0.25) is 4.79 Å². The van der Waals surface area contributed by atoms with Crippen LogP contribution in [0.4, 0.5) is 0 Å². The first-order valence-corrected chi connectivity index (χ1v) is 21.4. The fraction of sp³-hybridized carbons (Fsp3) is 0.808. The van der Waals surface area contributed by atoms with Gasteiger partial charge in [-0.1, -0.05) is 67.1 Å². The first kappa shape index (κ1) is 31.4. The number of unbranched alkanes of at least 4 members (excludes halogenated alkanes) is 1. The summed E-state index contributed by atoms with van der Waals surface area (Å²) in [6.45, 7) is 29.6. The number of Topliss-reactive ketones (excluding diaryl/α,β-unsaturated/α-hetero) is 1. The minimum Gasteiger partial charge on any atom is -0.417 e. The molecule has 0 aromatic heterocycles. The van der Waals surface area contributed by atoms with Gasteiger partial charge in [-0.2, -0.15) is 0 Å². The van der Waals surface area contributed by atoms with Gasteiger partial charge in [0.2, 0.25) is 5.78 Å². The van der Waals surface area contributed by atoms with E-state index in [9.17, 15) is 4.79 Å². The molecule has 0 saturated carbocycles. The number of hydrogen-bond acceptors (Lipinski definition) is 3. The summed E-state index contributed by atoms with van der Waals surface area (Å²) >= 11 is 0. The van der Waals surface area contributed by atoms with Crippen molar-refractivity contribution in [2.75, 3.05) is 6.61 Å². The van der Waals surface area contributed by atoms with Gasteiger partial charge in [-0.25, -0.2) is 0 Å². The highest BCUT2D eigenvalue weighted by Gasteiger charge is 2.40. The molecule has 184 valence electrons. The van der Waals surface area contributed by atoms with Crippen LogP contribution in [-0.2, 0) is 13.6 Å². The van der Waals surface area contributed by atoms with Gasteiger partial charge >= 0.3 is 0 Å². The summed E-state index contributed by atoms with van der Waals surface area (Å²) in [7, 11) is -5.20. The van der Waals surface area contributed by atoms with Crippen molar-refractivity contribution in [3.63, 3.8) is 0 Å². The smallest absolute Gasteiger partial charge is 0.232 e. The van der Waals surface area contributed by atoms with Crippen LogP contribution >= 0.6 is 0 Å². The lowest BCUT2D eigenvalue weighted by molar-refractivity contribution is -0.120. The third-order valence-corrected chi connectivity index (χ3v) is 16.4. The van der Waals surface area contributed by atoms with Crippen molar-refractivity contribution in [3.05, 3.63) is 0 Å². The molecular formula is C26H50O3Si3. The lowest BCUT2D eigenvalue weighted by Crippen LogP contribution is -2.45. The van der Waals surface area contributed by atoms with Gasteiger partial charge in [0.1, 0.15) is 14.2 Å². The second kappa shape index (κ2) is 12.2. The molecule has 0 heterocycles. The summed E-state index contributed by atoms with van der Waals surface area (Å²) in [5, 5.41) is 0.255. The Kier molecular flexibility index (Phi) is 11.9. The molecule has 0 spiro atoms. The number of ketones is 1. The Hall–Kier alpha value is -0.639. The number of carbonyl (C=O) groups is 1. The highest BCUT2D eigenvalue weighted by Crippen LogP contribution is 2.38. The van der Waals surface area contributed by atoms with Crippen LogP contribution in [0.15, 0.2) is 0 Å². The van der Waals surface area contributed by atoms with E-state index in [0.717, 1.165) is 6.42 Å². The van der Waals surface area contributed by atoms with E-state index >= 15 is 0 Å². The maximum atomic E-state index is 12.9. The zero-order valence-electron chi connectivity index (χ0n) is 23.3. The van der Waals surface area contributed by atoms with E-state index in [0.29, 0.717) is 25.9 Å². The van der Waals surface area contributed by atoms with Gasteiger partial charge in [0.05, 0.1) is 0 Å². The highest BCUT2D eigenvalue weighted by atomic mass is 28.4. The van der Waals surface area contributed by atoms with Gasteiger partial charge in [-0.15, -0.1) is 11.5 Å². The Morgan fingerprint density at radius 3 is 1.81 bits per heavy atom. The fourth-order valence-electron chi connectivity index (χ4n) is 2.24. The van der Waals surface area contributed by atoms with Gasteiger partial charge < -0.3 is 8.85 Å². The first-order valence-electron chi connectivity index (χ1n) is 12.0. The Morgan fingerprint density at radius 1 is 0.812 bits per heavy atom. The van der Waals surface area contributed by atoms with Crippen LogP contribution in [0.3, 0.4) is 0 Å². The van der Waals surface area contributed by atoms with Crippen molar-refractivity contribution in [3.8, 4) is 23.3 Å². The van der Waals surface area contributed by atoms with E-state index in [2.05, 4.69) is 111 Å². The maximum Gasteiger partial charge on any atom is 0.232 e. The van der Waals surface area contributed by atoms with Crippen molar-refractivity contribution in [2.24, 2.45) is 0 Å². The zero-order valence-corrected chi connectivity index (χ0v) is 26.3. The average Bonchev–Trinajstić information content (AvgIpc) is 2.57. The molecule has 0 aliphatic heterocycles. The molecule has 0 bridgehead atoms. The van der Waals surface area contributed by atoms with Crippen molar-refractivity contribution >= 4 is 30.5 Å². The van der Waals surface area contributed by atoms with Crippen LogP contribution in [0, 0.1) is 23.3 Å². The normalized spacial score (nSPS) is 14.2. The molecule has 1 atom stereocenters. The summed E-state index contributed by atoms with van der Waals surface area (Å²) < 4.78 is 12.7. The molecule has 0 aliphatic rings. The first-order chi connectivity index (χ1) is 14.2. The topological polar surface area (TPSA) is 35.5 Å². The van der Waals surface area contributed by atoms with Crippen molar-refractivity contribution in [2.45, 2.75) is 129 Å². The standard InChI is InChI=1S/C26H50O3Si3/c1-25(2,3)31(10,11)28-21-17-14-15-19-23(27)24(20-16-18-22-30(7,8)9)29-32(12,13)26(4,5)6/h24H,14,16-17,20-21H2,1-13H3. The summed E-state index contributed by atoms with van der Waals surface area (Å²) in [6.07, 6.45) is 2.33. The van der Waals surface area contributed by atoms with E-state index in [1.54, 1.807) is 0 Å². The number of hydrogen-bond donors (Lipinski definition) is 0. The van der Waals surface area contributed by atoms with Crippen LogP contribution in [0.5, 0.6) is 0 Å². The molecule has 3 nitrogen and oxygen atoms in total. The molecule has 0 aromatic rings. The van der Waals surface area contributed by atoms with E-state index in [-0.39, 0.29) is 15.9 Å². The quantitative estimate of drug-likeness (QED) is 0.145. The molecular weight excluding hydrogens is 445 g/mol. The fourth-order valence-corrected chi connectivity index (χ4v) is 5.27. The van der Waals surface area contributed by atoms with Crippen molar-refractivity contribution in [1.29, 1.82) is 0 Å². The molecule has 32 heavy (non-hydrogen) atoms. The molecule has 6 heteroatoms. The van der Waals surface area contributed by atoms with E-state index in [4.69, 9.17) is 8.85 Å². The molecule has 0 aliphatic carbocycles. The predicted molar refractivity (Wildman–Crippen MR) is 148 cm³/mol. The second-order valence-corrected chi connectivity index (χ2v) is 27.2. The molecule has 0 amide bonds. The highest BCUT2D eigenvalue weighted by molar-refractivity contribution is 6.83. The average molecular weight is 495 g/mol. The molecule has 0 saturated heterocycles. The maximum absolute atomic E-state index is 12.9. The summed E-state index contributed by atoms with van der Waals surface area (Å²) in [4.78, 5) is 12.9. The zero-order chi connectivity index (χ0) is 25.4. The molecule has 0 radical (unpaired) electrons. The van der Waals surface area contributed by atoms with Crippen LogP contribution in [0.2, 0.25) is 55.9 Å². The third-order valence-electron chi connectivity index (χ3n) is 6.46. The monoisotopic (exact) mass is 494 g/mol. The van der Waals surface area contributed by atoms with Gasteiger partial charge in [0.25, 0.3) is 0 Å². The SMILES string of the molecule is CC(C)(C)[Si](C)(C)OCCCC#CC(=O)C(CCC#C[Si](C)(C)C)O[Si](C)(C)C(C)(C)C. The summed E-state index contributed by atoms with van der Waals surface area (Å²) in [6, 6.07) is 0. The summed E-state index contributed by atoms with van der Waals surface area (Å²) in [5.41, 5.74) is 3.38. The van der Waals surface area contributed by atoms with Crippen molar-refractivity contribution < 1.29 is 13.6 Å². The van der Waals surface area contributed by atoms with Crippen LogP contribution in [-0.4, -0.2) is 43.2 Å². The third kappa shape index (κ3) is 12.0. The molecule has 0 rings (SSSR count). The van der Waals surface area contributed by atoms with Gasteiger partial charge in [0.15, 0.2) is 16.6 Å². The van der Waals surface area contributed by atoms with E-state index in [1.807, 2.05) is 0 Å². The Morgan fingerprint density at radius 2 is 1.34 bits per heavy atom. The molecule has 0 N–H and O–H groups in total.